The Morgan fingerprint density at radius 3 is 2.61 bits per heavy atom. The number of aldehydes is 1. The third kappa shape index (κ3) is 5.90. The molecule has 0 atom stereocenters. The molecule has 0 aliphatic heterocycles. The van der Waals surface area contributed by atoms with Crippen molar-refractivity contribution in [1.29, 1.82) is 0 Å². The molecule has 2 rings (SSSR count). The third-order valence-corrected chi connectivity index (χ3v) is 6.72. The molecule has 168 valence electrons. The fourth-order valence-corrected chi connectivity index (χ4v) is 4.26. The Bertz CT molecular complexity index is 1130. The van der Waals surface area contributed by atoms with E-state index in [0.29, 0.717) is 23.1 Å². The minimum atomic E-state index is -3.70. The molecule has 0 aliphatic rings. The van der Waals surface area contributed by atoms with Gasteiger partial charge in [-0.2, -0.15) is 5.10 Å². The van der Waals surface area contributed by atoms with Gasteiger partial charge in [0.25, 0.3) is 0 Å². The SMILES string of the molecule is Cc1nn(CC(F)=CCNC(=O)O)c(C=O)c1Cc1ccc(S(=O)(=O)N(C)C)c(Cl)c1. The number of benzene rings is 1. The number of allylic oxidation sites excluding steroid dienone is 1. The van der Waals surface area contributed by atoms with Gasteiger partial charge in [-0.3, -0.25) is 9.48 Å². The van der Waals surface area contributed by atoms with E-state index in [1.165, 1.54) is 30.9 Å². The van der Waals surface area contributed by atoms with Gasteiger partial charge in [0.1, 0.15) is 16.4 Å². The Morgan fingerprint density at radius 2 is 2.06 bits per heavy atom. The topological polar surface area (TPSA) is 122 Å². The maximum Gasteiger partial charge on any atom is 0.404 e. The highest BCUT2D eigenvalue weighted by molar-refractivity contribution is 7.89. The van der Waals surface area contributed by atoms with Gasteiger partial charge in [-0.1, -0.05) is 17.7 Å². The van der Waals surface area contributed by atoms with Crippen LogP contribution in [0.15, 0.2) is 35.0 Å². The van der Waals surface area contributed by atoms with Crippen molar-refractivity contribution in [3.05, 3.63) is 57.6 Å². The van der Waals surface area contributed by atoms with Gasteiger partial charge in [-0.05, 0) is 30.7 Å². The number of halogens is 2. The summed E-state index contributed by atoms with van der Waals surface area (Å²) >= 11 is 6.18. The molecule has 0 saturated carbocycles. The molecule has 0 aliphatic carbocycles. The summed E-state index contributed by atoms with van der Waals surface area (Å²) in [6.07, 6.45) is 0.555. The van der Waals surface area contributed by atoms with Crippen LogP contribution in [0, 0.1) is 6.92 Å². The first-order valence-corrected chi connectivity index (χ1v) is 10.8. The van der Waals surface area contributed by atoms with Crippen LogP contribution in [0.25, 0.3) is 0 Å². The van der Waals surface area contributed by atoms with Gasteiger partial charge in [0.15, 0.2) is 6.29 Å². The van der Waals surface area contributed by atoms with Gasteiger partial charge in [0.05, 0.1) is 17.3 Å². The number of aryl methyl sites for hydroxylation is 1. The first-order chi connectivity index (χ1) is 14.5. The number of hydrogen-bond donors (Lipinski definition) is 2. The molecule has 12 heteroatoms. The van der Waals surface area contributed by atoms with Crippen molar-refractivity contribution in [1.82, 2.24) is 19.4 Å². The molecule has 31 heavy (non-hydrogen) atoms. The van der Waals surface area contributed by atoms with Gasteiger partial charge < -0.3 is 10.4 Å². The molecule has 1 aromatic heterocycles. The minimum Gasteiger partial charge on any atom is -0.465 e. The standard InChI is InChI=1S/C19H22ClFN4O5S/c1-12-15(8-13-4-5-18(16(20)9-13)31(29,30)24(2)3)17(11-26)25(23-12)10-14(21)6-7-22-19(27)28/h4-6,9,11,22H,7-8,10H2,1-3H3,(H,27,28). The summed E-state index contributed by atoms with van der Waals surface area (Å²) in [5, 5.41) is 14.8. The van der Waals surface area contributed by atoms with Crippen molar-refractivity contribution in [3.63, 3.8) is 0 Å². The smallest absolute Gasteiger partial charge is 0.404 e. The first-order valence-electron chi connectivity index (χ1n) is 9.01. The number of carbonyl (C=O) groups is 2. The second-order valence-electron chi connectivity index (χ2n) is 6.79. The highest BCUT2D eigenvalue weighted by Crippen LogP contribution is 2.27. The molecule has 0 saturated heterocycles. The van der Waals surface area contributed by atoms with E-state index in [2.05, 4.69) is 5.10 Å². The second-order valence-corrected chi connectivity index (χ2v) is 9.32. The molecule has 9 nitrogen and oxygen atoms in total. The fourth-order valence-electron chi connectivity index (χ4n) is 2.83. The second kappa shape index (κ2) is 10.0. The molecule has 1 heterocycles. The van der Waals surface area contributed by atoms with Crippen LogP contribution in [0.5, 0.6) is 0 Å². The van der Waals surface area contributed by atoms with E-state index >= 15 is 0 Å². The lowest BCUT2D eigenvalue weighted by molar-refractivity contribution is 0.111. The van der Waals surface area contributed by atoms with E-state index in [1.54, 1.807) is 13.0 Å². The highest BCUT2D eigenvalue weighted by atomic mass is 35.5. The average Bonchev–Trinajstić information content (AvgIpc) is 2.95. The van der Waals surface area contributed by atoms with Crippen LogP contribution in [-0.4, -0.2) is 60.6 Å². The lowest BCUT2D eigenvalue weighted by Gasteiger charge is -2.13. The van der Waals surface area contributed by atoms with Crippen LogP contribution in [0.2, 0.25) is 5.02 Å². The minimum absolute atomic E-state index is 0.0341. The van der Waals surface area contributed by atoms with Crippen LogP contribution in [0.3, 0.4) is 0 Å². The lowest BCUT2D eigenvalue weighted by atomic mass is 10.0. The number of rotatable bonds is 9. The number of sulfonamides is 1. The van der Waals surface area contributed by atoms with Gasteiger partial charge in [-0.25, -0.2) is 21.9 Å². The van der Waals surface area contributed by atoms with Gasteiger partial charge in [0.2, 0.25) is 10.0 Å². The number of nitrogens with zero attached hydrogens (tertiary/aromatic N) is 3. The van der Waals surface area contributed by atoms with E-state index in [4.69, 9.17) is 16.7 Å². The average molecular weight is 473 g/mol. The summed E-state index contributed by atoms with van der Waals surface area (Å²) in [6.45, 7) is 1.11. The van der Waals surface area contributed by atoms with Crippen molar-refractivity contribution >= 4 is 34.0 Å². The fraction of sp³-hybridized carbons (Fsp3) is 0.316. The summed E-state index contributed by atoms with van der Waals surface area (Å²) in [4.78, 5) is 22.0. The molecule has 0 bridgehead atoms. The zero-order chi connectivity index (χ0) is 23.3. The zero-order valence-electron chi connectivity index (χ0n) is 17.1. The van der Waals surface area contributed by atoms with Crippen molar-refractivity contribution in [2.24, 2.45) is 0 Å². The quantitative estimate of drug-likeness (QED) is 0.541. The predicted octanol–water partition coefficient (Wildman–Crippen LogP) is 2.62. The van der Waals surface area contributed by atoms with E-state index in [9.17, 15) is 22.4 Å². The van der Waals surface area contributed by atoms with Crippen LogP contribution >= 0.6 is 11.6 Å². The lowest BCUT2D eigenvalue weighted by Crippen LogP contribution is -2.22. The molecule has 1 aromatic carbocycles. The number of nitrogens with one attached hydrogen (secondary N) is 1. The zero-order valence-corrected chi connectivity index (χ0v) is 18.7. The summed E-state index contributed by atoms with van der Waals surface area (Å²) in [6, 6.07) is 4.48. The maximum atomic E-state index is 14.1. The van der Waals surface area contributed by atoms with Crippen LogP contribution in [0.1, 0.15) is 27.3 Å². The molecule has 0 unspecified atom stereocenters. The van der Waals surface area contributed by atoms with Crippen LogP contribution < -0.4 is 5.32 Å². The molecule has 0 radical (unpaired) electrons. The molecule has 2 N–H and O–H groups in total. The Morgan fingerprint density at radius 1 is 1.39 bits per heavy atom. The van der Waals surface area contributed by atoms with E-state index < -0.39 is 21.9 Å². The molecule has 1 amide bonds. The molecular formula is C19H22ClFN4O5S. The van der Waals surface area contributed by atoms with E-state index in [-0.39, 0.29) is 35.1 Å². The Hall–Kier alpha value is -2.76. The van der Waals surface area contributed by atoms with Gasteiger partial charge >= 0.3 is 6.09 Å². The summed E-state index contributed by atoms with van der Waals surface area (Å²) in [5.41, 5.74) is 1.86. The summed E-state index contributed by atoms with van der Waals surface area (Å²) in [5.74, 6) is -0.660. The predicted molar refractivity (Wildman–Crippen MR) is 113 cm³/mol. The highest BCUT2D eigenvalue weighted by Gasteiger charge is 2.22. The Kier molecular flexibility index (Phi) is 7.93. The Labute approximate surface area is 184 Å². The first kappa shape index (κ1) is 24.5. The molecule has 0 spiro atoms. The van der Waals surface area contributed by atoms with Crippen molar-refractivity contribution in [2.45, 2.75) is 24.8 Å². The van der Waals surface area contributed by atoms with E-state index in [0.717, 1.165) is 10.4 Å². The number of aromatic nitrogens is 2. The van der Waals surface area contributed by atoms with Crippen molar-refractivity contribution in [2.75, 3.05) is 20.6 Å². The summed E-state index contributed by atoms with van der Waals surface area (Å²) < 4.78 is 40.9. The van der Waals surface area contributed by atoms with Crippen LogP contribution in [0.4, 0.5) is 9.18 Å². The Balaban J connectivity index is 2.29. The van der Waals surface area contributed by atoms with Crippen LogP contribution in [-0.2, 0) is 23.0 Å². The van der Waals surface area contributed by atoms with Crippen molar-refractivity contribution < 1.29 is 27.5 Å². The number of amides is 1. The summed E-state index contributed by atoms with van der Waals surface area (Å²) in [7, 11) is -0.898. The maximum absolute atomic E-state index is 14.1. The normalized spacial score (nSPS) is 12.3. The molecule has 2 aromatic rings. The molecular weight excluding hydrogens is 451 g/mol. The number of carbonyl (C=O) groups excluding carboxylic acids is 1. The van der Waals surface area contributed by atoms with Gasteiger partial charge in [0, 0.05) is 32.6 Å². The van der Waals surface area contributed by atoms with Crippen molar-refractivity contribution in [3.8, 4) is 0 Å². The third-order valence-electron chi connectivity index (χ3n) is 4.42. The monoisotopic (exact) mass is 472 g/mol. The number of hydrogen-bond acceptors (Lipinski definition) is 5. The molecule has 0 fully saturated rings. The van der Waals surface area contributed by atoms with E-state index in [1.807, 2.05) is 5.32 Å². The van der Waals surface area contributed by atoms with Gasteiger partial charge in [-0.15, -0.1) is 0 Å². The number of carboxylic acid groups (broad SMARTS) is 1. The largest absolute Gasteiger partial charge is 0.465 e.